The van der Waals surface area contributed by atoms with Crippen LogP contribution >= 0.6 is 0 Å². The Kier molecular flexibility index (Phi) is 3.08. The summed E-state index contributed by atoms with van der Waals surface area (Å²) in [6.45, 7) is 0.627. The average Bonchev–Trinajstić information content (AvgIpc) is 2.02. The molecule has 0 amide bonds. The summed E-state index contributed by atoms with van der Waals surface area (Å²) in [4.78, 5) is 0. The summed E-state index contributed by atoms with van der Waals surface area (Å²) in [7, 11) is -1.61. The van der Waals surface area contributed by atoms with E-state index in [4.69, 9.17) is 10.0 Å². The van der Waals surface area contributed by atoms with E-state index < -0.39 is 13.2 Å². The van der Waals surface area contributed by atoms with Gasteiger partial charge in [-0.3, -0.25) is 0 Å². The van der Waals surface area contributed by atoms with Crippen molar-refractivity contribution in [2.75, 3.05) is 0 Å². The van der Waals surface area contributed by atoms with Crippen molar-refractivity contribution in [3.8, 4) is 5.75 Å². The second kappa shape index (κ2) is 3.94. The summed E-state index contributed by atoms with van der Waals surface area (Å²) in [5.41, 5.74) is 0.219. The maximum atomic E-state index is 12.3. The molecule has 0 aromatic heterocycles. The molecule has 0 saturated heterocycles. The Morgan fingerprint density at radius 1 is 1.21 bits per heavy atom. The van der Waals surface area contributed by atoms with E-state index in [-0.39, 0.29) is 11.2 Å². The summed E-state index contributed by atoms with van der Waals surface area (Å²) in [6, 6.07) is 5.08. The van der Waals surface area contributed by atoms with E-state index in [2.05, 4.69) is 4.74 Å². The molecule has 0 bridgehead atoms. The molecule has 0 spiro atoms. The van der Waals surface area contributed by atoms with Crippen LogP contribution in [0.15, 0.2) is 24.3 Å². The molecule has 0 aliphatic heterocycles. The van der Waals surface area contributed by atoms with Gasteiger partial charge in [-0.25, -0.2) is 0 Å². The first kappa shape index (κ1) is 10.9. The standard InChI is InChI=1S/C8H9BF2O3/c1-8(10,11)14-7-4-2-6(3-5-7)9(12)13/h2-5,12-13H,1H3. The topological polar surface area (TPSA) is 49.7 Å². The van der Waals surface area contributed by atoms with Crippen LogP contribution in [0.2, 0.25) is 0 Å². The molecule has 0 atom stereocenters. The molecule has 0 aliphatic rings. The average molecular weight is 202 g/mol. The predicted octanol–water partition coefficient (Wildman–Crippen LogP) is 0.358. The van der Waals surface area contributed by atoms with Crippen LogP contribution in [0.5, 0.6) is 5.75 Å². The summed E-state index contributed by atoms with van der Waals surface area (Å²) in [5, 5.41) is 17.4. The van der Waals surface area contributed by atoms with E-state index in [0.29, 0.717) is 6.92 Å². The number of halogens is 2. The zero-order chi connectivity index (χ0) is 10.8. The van der Waals surface area contributed by atoms with Gasteiger partial charge in [0.1, 0.15) is 5.75 Å². The van der Waals surface area contributed by atoms with E-state index in [9.17, 15) is 8.78 Å². The Labute approximate surface area is 80.1 Å². The van der Waals surface area contributed by atoms with E-state index in [0.717, 1.165) is 0 Å². The molecule has 0 unspecified atom stereocenters. The summed E-state index contributed by atoms with van der Waals surface area (Å²) in [5.74, 6) is -0.0260. The number of benzene rings is 1. The van der Waals surface area contributed by atoms with Crippen molar-refractivity contribution in [2.24, 2.45) is 0 Å². The molecule has 0 radical (unpaired) electrons. The fourth-order valence-electron chi connectivity index (χ4n) is 0.915. The second-order valence-corrected chi connectivity index (χ2v) is 2.85. The molecule has 1 rings (SSSR count). The van der Waals surface area contributed by atoms with Crippen LogP contribution in [0.1, 0.15) is 6.92 Å². The Morgan fingerprint density at radius 3 is 2.07 bits per heavy atom. The third kappa shape index (κ3) is 3.31. The Bertz CT molecular complexity index is 294. The minimum absolute atomic E-state index is 0.0260. The van der Waals surface area contributed by atoms with Gasteiger partial charge >= 0.3 is 13.2 Å². The fourth-order valence-corrected chi connectivity index (χ4v) is 0.915. The van der Waals surface area contributed by atoms with Crippen LogP contribution in [0.4, 0.5) is 8.78 Å². The lowest BCUT2D eigenvalue weighted by atomic mass is 9.80. The number of hydrogen-bond acceptors (Lipinski definition) is 3. The molecular weight excluding hydrogens is 193 g/mol. The predicted molar refractivity (Wildman–Crippen MR) is 47.5 cm³/mol. The lowest BCUT2D eigenvalue weighted by Crippen LogP contribution is -2.29. The van der Waals surface area contributed by atoms with Crippen molar-refractivity contribution in [2.45, 2.75) is 13.0 Å². The lowest BCUT2D eigenvalue weighted by Gasteiger charge is -2.12. The van der Waals surface area contributed by atoms with Crippen LogP contribution in [0.25, 0.3) is 0 Å². The second-order valence-electron chi connectivity index (χ2n) is 2.85. The number of alkyl halides is 2. The number of ether oxygens (including phenoxy) is 1. The molecule has 1 aromatic carbocycles. The van der Waals surface area contributed by atoms with E-state index >= 15 is 0 Å². The summed E-state index contributed by atoms with van der Waals surface area (Å²) in [6.07, 6.45) is -3.24. The van der Waals surface area contributed by atoms with Gasteiger partial charge in [0.2, 0.25) is 0 Å². The highest BCUT2D eigenvalue weighted by atomic mass is 19.3. The van der Waals surface area contributed by atoms with Gasteiger partial charge in [0, 0.05) is 6.92 Å². The van der Waals surface area contributed by atoms with Gasteiger partial charge in [0.25, 0.3) is 0 Å². The van der Waals surface area contributed by atoms with E-state index in [1.807, 2.05) is 0 Å². The van der Waals surface area contributed by atoms with Crippen molar-refractivity contribution in [3.05, 3.63) is 24.3 Å². The number of rotatable bonds is 3. The maximum absolute atomic E-state index is 12.3. The molecule has 14 heavy (non-hydrogen) atoms. The Morgan fingerprint density at radius 2 is 1.71 bits per heavy atom. The molecule has 76 valence electrons. The van der Waals surface area contributed by atoms with E-state index in [1.165, 1.54) is 24.3 Å². The van der Waals surface area contributed by atoms with Crippen LogP contribution in [-0.2, 0) is 0 Å². The van der Waals surface area contributed by atoms with Crippen molar-refractivity contribution in [3.63, 3.8) is 0 Å². The summed E-state index contributed by atoms with van der Waals surface area (Å²) >= 11 is 0. The van der Waals surface area contributed by atoms with E-state index in [1.54, 1.807) is 0 Å². The number of hydrogen-bond donors (Lipinski definition) is 2. The maximum Gasteiger partial charge on any atom is 0.488 e. The van der Waals surface area contributed by atoms with Crippen molar-refractivity contribution < 1.29 is 23.6 Å². The monoisotopic (exact) mass is 202 g/mol. The first-order valence-electron chi connectivity index (χ1n) is 3.91. The van der Waals surface area contributed by atoms with Gasteiger partial charge in [-0.15, -0.1) is 0 Å². The fraction of sp³-hybridized carbons (Fsp3) is 0.250. The van der Waals surface area contributed by atoms with Gasteiger partial charge in [0.05, 0.1) is 0 Å². The molecular formula is C8H9BF2O3. The third-order valence-electron chi connectivity index (χ3n) is 1.48. The van der Waals surface area contributed by atoms with Gasteiger partial charge < -0.3 is 14.8 Å². The highest BCUT2D eigenvalue weighted by Crippen LogP contribution is 2.19. The lowest BCUT2D eigenvalue weighted by molar-refractivity contribution is -0.158. The zero-order valence-corrected chi connectivity index (χ0v) is 7.45. The third-order valence-corrected chi connectivity index (χ3v) is 1.48. The van der Waals surface area contributed by atoms with Crippen molar-refractivity contribution in [1.82, 2.24) is 0 Å². The molecule has 1 aromatic rings. The Hall–Kier alpha value is -1.14. The van der Waals surface area contributed by atoms with Crippen molar-refractivity contribution >= 4 is 12.6 Å². The normalized spacial score (nSPS) is 11.2. The van der Waals surface area contributed by atoms with Crippen LogP contribution < -0.4 is 10.2 Å². The van der Waals surface area contributed by atoms with Crippen molar-refractivity contribution in [1.29, 1.82) is 0 Å². The Balaban J connectivity index is 2.74. The highest BCUT2D eigenvalue weighted by Gasteiger charge is 2.23. The molecule has 2 N–H and O–H groups in total. The first-order chi connectivity index (χ1) is 6.38. The molecule has 3 nitrogen and oxygen atoms in total. The SMILES string of the molecule is CC(F)(F)Oc1ccc(B(O)O)cc1. The minimum Gasteiger partial charge on any atom is -0.433 e. The first-order valence-corrected chi connectivity index (χ1v) is 3.91. The van der Waals surface area contributed by atoms with Crippen LogP contribution in [-0.4, -0.2) is 23.3 Å². The minimum atomic E-state index is -3.24. The summed E-state index contributed by atoms with van der Waals surface area (Å²) < 4.78 is 28.9. The molecule has 0 fully saturated rings. The van der Waals surface area contributed by atoms with Gasteiger partial charge in [0.15, 0.2) is 0 Å². The highest BCUT2D eigenvalue weighted by molar-refractivity contribution is 6.58. The van der Waals surface area contributed by atoms with Crippen LogP contribution in [0, 0.1) is 0 Å². The van der Waals surface area contributed by atoms with Gasteiger partial charge in [-0.2, -0.15) is 8.78 Å². The molecule has 0 heterocycles. The smallest absolute Gasteiger partial charge is 0.433 e. The zero-order valence-electron chi connectivity index (χ0n) is 7.45. The molecule has 0 aliphatic carbocycles. The van der Waals surface area contributed by atoms with Gasteiger partial charge in [-0.1, -0.05) is 12.1 Å². The van der Waals surface area contributed by atoms with Crippen LogP contribution in [0.3, 0.4) is 0 Å². The largest absolute Gasteiger partial charge is 0.488 e. The molecule has 0 saturated carbocycles. The quantitative estimate of drug-likeness (QED) is 0.695. The van der Waals surface area contributed by atoms with Gasteiger partial charge in [-0.05, 0) is 17.6 Å². The molecule has 6 heteroatoms.